The zero-order valence-electron chi connectivity index (χ0n) is 12.2. The molecule has 1 heterocycles. The molecule has 0 saturated carbocycles. The molecule has 4 nitrogen and oxygen atoms in total. The van der Waals surface area contributed by atoms with Crippen LogP contribution in [0.15, 0.2) is 22.7 Å². The zero-order valence-corrected chi connectivity index (χ0v) is 13.8. The van der Waals surface area contributed by atoms with Gasteiger partial charge in [-0.15, -0.1) is 0 Å². The number of hydrogen-bond acceptors (Lipinski definition) is 3. The van der Waals surface area contributed by atoms with Gasteiger partial charge in [0.25, 0.3) is 5.91 Å². The third kappa shape index (κ3) is 3.52. The minimum atomic E-state index is 0.0327. The Morgan fingerprint density at radius 1 is 1.55 bits per heavy atom. The first-order valence-electron chi connectivity index (χ1n) is 6.78. The SMILES string of the molecule is COc1ccc(Br)c(C(=O)N(C)CC2CCN(C)C2)c1. The molecular weight excluding hydrogens is 320 g/mol. The van der Waals surface area contributed by atoms with Gasteiger partial charge in [0.15, 0.2) is 0 Å². The zero-order chi connectivity index (χ0) is 14.7. The summed E-state index contributed by atoms with van der Waals surface area (Å²) in [6.07, 6.45) is 1.16. The van der Waals surface area contributed by atoms with Crippen molar-refractivity contribution in [2.75, 3.05) is 40.8 Å². The molecule has 1 aromatic rings. The van der Waals surface area contributed by atoms with E-state index in [-0.39, 0.29) is 5.91 Å². The second-order valence-electron chi connectivity index (χ2n) is 5.45. The summed E-state index contributed by atoms with van der Waals surface area (Å²) in [6.45, 7) is 2.99. The Morgan fingerprint density at radius 2 is 2.30 bits per heavy atom. The lowest BCUT2D eigenvalue weighted by Crippen LogP contribution is -2.33. The number of halogens is 1. The normalized spacial score (nSPS) is 19.1. The molecule has 1 unspecified atom stereocenters. The molecule has 1 aromatic carbocycles. The van der Waals surface area contributed by atoms with E-state index in [2.05, 4.69) is 27.9 Å². The van der Waals surface area contributed by atoms with Gasteiger partial charge >= 0.3 is 0 Å². The highest BCUT2D eigenvalue weighted by molar-refractivity contribution is 9.10. The van der Waals surface area contributed by atoms with Crippen molar-refractivity contribution in [2.24, 2.45) is 5.92 Å². The van der Waals surface area contributed by atoms with Gasteiger partial charge in [-0.3, -0.25) is 4.79 Å². The minimum Gasteiger partial charge on any atom is -0.497 e. The third-order valence-electron chi connectivity index (χ3n) is 3.77. The fraction of sp³-hybridized carbons (Fsp3) is 0.533. The van der Waals surface area contributed by atoms with Gasteiger partial charge in [0.1, 0.15) is 5.75 Å². The summed E-state index contributed by atoms with van der Waals surface area (Å²) < 4.78 is 5.99. The predicted octanol–water partition coefficient (Wildman–Crippen LogP) is 2.48. The van der Waals surface area contributed by atoms with E-state index in [1.807, 2.05) is 24.1 Å². The maximum Gasteiger partial charge on any atom is 0.254 e. The van der Waals surface area contributed by atoms with Crippen molar-refractivity contribution in [3.05, 3.63) is 28.2 Å². The Bertz CT molecular complexity index is 493. The molecule has 0 N–H and O–H groups in total. The number of benzene rings is 1. The first kappa shape index (κ1) is 15.3. The Morgan fingerprint density at radius 3 is 2.90 bits per heavy atom. The number of rotatable bonds is 4. The number of amides is 1. The lowest BCUT2D eigenvalue weighted by molar-refractivity contribution is 0.0772. The van der Waals surface area contributed by atoms with Gasteiger partial charge in [-0.25, -0.2) is 0 Å². The van der Waals surface area contributed by atoms with E-state index in [1.54, 1.807) is 13.2 Å². The molecular formula is C15H21BrN2O2. The number of carbonyl (C=O) groups is 1. The average molecular weight is 341 g/mol. The largest absolute Gasteiger partial charge is 0.497 e. The van der Waals surface area contributed by atoms with Gasteiger partial charge in [0, 0.05) is 24.6 Å². The van der Waals surface area contributed by atoms with Crippen LogP contribution < -0.4 is 4.74 Å². The highest BCUT2D eigenvalue weighted by Gasteiger charge is 2.24. The summed E-state index contributed by atoms with van der Waals surface area (Å²) in [7, 11) is 5.60. The summed E-state index contributed by atoms with van der Waals surface area (Å²) in [5.41, 5.74) is 0.651. The number of ether oxygens (including phenoxy) is 1. The van der Waals surface area contributed by atoms with Crippen LogP contribution in [0.4, 0.5) is 0 Å². The molecule has 0 aliphatic carbocycles. The maximum atomic E-state index is 12.5. The molecule has 0 spiro atoms. The Hall–Kier alpha value is -1.07. The summed E-state index contributed by atoms with van der Waals surface area (Å²) in [5.74, 6) is 1.30. The number of likely N-dealkylation sites (tertiary alicyclic amines) is 1. The second kappa shape index (κ2) is 6.59. The smallest absolute Gasteiger partial charge is 0.254 e. The summed E-state index contributed by atoms with van der Waals surface area (Å²) >= 11 is 3.44. The third-order valence-corrected chi connectivity index (χ3v) is 4.46. The van der Waals surface area contributed by atoms with E-state index < -0.39 is 0 Å². The topological polar surface area (TPSA) is 32.8 Å². The molecule has 0 radical (unpaired) electrons. The van der Waals surface area contributed by atoms with Crippen LogP contribution in [-0.4, -0.2) is 56.5 Å². The van der Waals surface area contributed by atoms with Gasteiger partial charge < -0.3 is 14.5 Å². The van der Waals surface area contributed by atoms with Gasteiger partial charge in [-0.2, -0.15) is 0 Å². The Labute approximate surface area is 128 Å². The van der Waals surface area contributed by atoms with Crippen LogP contribution in [0.3, 0.4) is 0 Å². The fourth-order valence-electron chi connectivity index (χ4n) is 2.65. The first-order chi connectivity index (χ1) is 9.51. The van der Waals surface area contributed by atoms with Crippen molar-refractivity contribution in [2.45, 2.75) is 6.42 Å². The molecule has 1 aliphatic heterocycles. The summed E-state index contributed by atoms with van der Waals surface area (Å²) in [4.78, 5) is 16.6. The minimum absolute atomic E-state index is 0.0327. The van der Waals surface area contributed by atoms with E-state index in [0.29, 0.717) is 17.2 Å². The molecule has 1 atom stereocenters. The molecule has 1 aliphatic rings. The standard InChI is InChI=1S/C15H21BrN2O2/c1-17-7-6-11(9-17)10-18(2)15(19)13-8-12(20-3)4-5-14(13)16/h4-5,8,11H,6-7,9-10H2,1-3H3. The summed E-state index contributed by atoms with van der Waals surface area (Å²) in [6, 6.07) is 5.47. The van der Waals surface area contributed by atoms with Gasteiger partial charge in [0.2, 0.25) is 0 Å². The molecule has 1 amide bonds. The van der Waals surface area contributed by atoms with Crippen molar-refractivity contribution in [1.29, 1.82) is 0 Å². The van der Waals surface area contributed by atoms with E-state index in [9.17, 15) is 4.79 Å². The van der Waals surface area contributed by atoms with Crippen molar-refractivity contribution in [3.8, 4) is 5.75 Å². The van der Waals surface area contributed by atoms with Crippen molar-refractivity contribution >= 4 is 21.8 Å². The molecule has 1 saturated heterocycles. The highest BCUT2D eigenvalue weighted by atomic mass is 79.9. The van der Waals surface area contributed by atoms with E-state index in [0.717, 1.165) is 30.5 Å². The van der Waals surface area contributed by atoms with Crippen LogP contribution in [0, 0.1) is 5.92 Å². The van der Waals surface area contributed by atoms with Crippen LogP contribution in [0.1, 0.15) is 16.8 Å². The van der Waals surface area contributed by atoms with E-state index in [4.69, 9.17) is 4.74 Å². The monoisotopic (exact) mass is 340 g/mol. The van der Waals surface area contributed by atoms with Crippen LogP contribution in [-0.2, 0) is 0 Å². The average Bonchev–Trinajstić information content (AvgIpc) is 2.84. The van der Waals surface area contributed by atoms with Crippen molar-refractivity contribution in [1.82, 2.24) is 9.80 Å². The number of nitrogens with zero attached hydrogens (tertiary/aromatic N) is 2. The molecule has 1 fully saturated rings. The summed E-state index contributed by atoms with van der Waals surface area (Å²) in [5, 5.41) is 0. The Balaban J connectivity index is 2.06. The van der Waals surface area contributed by atoms with Crippen molar-refractivity contribution in [3.63, 3.8) is 0 Å². The van der Waals surface area contributed by atoms with Gasteiger partial charge in [-0.1, -0.05) is 0 Å². The molecule has 2 rings (SSSR count). The Kier molecular flexibility index (Phi) is 5.05. The van der Waals surface area contributed by atoms with Crippen LogP contribution >= 0.6 is 15.9 Å². The lowest BCUT2D eigenvalue weighted by atomic mass is 10.1. The van der Waals surface area contributed by atoms with Crippen LogP contribution in [0.2, 0.25) is 0 Å². The highest BCUT2D eigenvalue weighted by Crippen LogP contribution is 2.24. The van der Waals surface area contributed by atoms with E-state index >= 15 is 0 Å². The van der Waals surface area contributed by atoms with Crippen LogP contribution in [0.5, 0.6) is 5.75 Å². The van der Waals surface area contributed by atoms with Crippen molar-refractivity contribution < 1.29 is 9.53 Å². The first-order valence-corrected chi connectivity index (χ1v) is 7.58. The maximum absolute atomic E-state index is 12.5. The number of hydrogen-bond donors (Lipinski definition) is 0. The fourth-order valence-corrected chi connectivity index (χ4v) is 3.06. The van der Waals surface area contributed by atoms with Gasteiger partial charge in [0.05, 0.1) is 12.7 Å². The van der Waals surface area contributed by atoms with E-state index in [1.165, 1.54) is 0 Å². The van der Waals surface area contributed by atoms with Gasteiger partial charge in [-0.05, 0) is 60.1 Å². The molecule has 5 heteroatoms. The van der Waals surface area contributed by atoms with Crippen LogP contribution in [0.25, 0.3) is 0 Å². The lowest BCUT2D eigenvalue weighted by Gasteiger charge is -2.22. The predicted molar refractivity (Wildman–Crippen MR) is 83.3 cm³/mol. The quantitative estimate of drug-likeness (QED) is 0.844. The molecule has 0 bridgehead atoms. The number of methoxy groups -OCH3 is 1. The molecule has 0 aromatic heterocycles. The second-order valence-corrected chi connectivity index (χ2v) is 6.30. The number of carbonyl (C=O) groups excluding carboxylic acids is 1. The molecule has 20 heavy (non-hydrogen) atoms. The molecule has 110 valence electrons.